The second kappa shape index (κ2) is 11.9. The first-order chi connectivity index (χ1) is 17.3. The molecule has 0 radical (unpaired) electrons. The number of carboxylic acids is 1. The van der Waals surface area contributed by atoms with Gasteiger partial charge in [-0.2, -0.15) is 0 Å². The number of thiophene rings is 1. The van der Waals surface area contributed by atoms with Crippen molar-refractivity contribution in [2.45, 2.75) is 35.7 Å². The third-order valence-electron chi connectivity index (χ3n) is 6.85. The van der Waals surface area contributed by atoms with Crippen LogP contribution < -0.4 is 4.74 Å². The van der Waals surface area contributed by atoms with Crippen LogP contribution in [0.4, 0.5) is 4.39 Å². The number of fused-ring (bicyclic) bond motifs is 1. The maximum absolute atomic E-state index is 14.8. The molecule has 0 bridgehead atoms. The highest BCUT2D eigenvalue weighted by Crippen LogP contribution is 2.38. The molecule has 0 amide bonds. The zero-order chi connectivity index (χ0) is 25.7. The Labute approximate surface area is 217 Å². The molecular weight excluding hydrogens is 503 g/mol. The Morgan fingerprint density at radius 1 is 1.33 bits per heavy atom. The number of carboxylic acid groups (broad SMARTS) is 1. The van der Waals surface area contributed by atoms with Crippen LogP contribution in [0.3, 0.4) is 0 Å². The van der Waals surface area contributed by atoms with E-state index in [0.29, 0.717) is 24.2 Å². The number of hydrogen-bond acceptors (Lipinski definition) is 8. The number of piperidine rings is 1. The van der Waals surface area contributed by atoms with E-state index < -0.39 is 17.6 Å². The number of methoxy groups -OCH3 is 1. The SMILES string of the molecule is COc1ccc2ncc(F)c(C(O)(O)CC[C@@H]3CCN(CCSc4cccs4)C[C@H]3CC(=O)O)c2c1. The summed E-state index contributed by atoms with van der Waals surface area (Å²) < 4.78 is 21.3. The molecule has 0 saturated carbocycles. The number of pyridine rings is 1. The standard InChI is InChI=1S/C26H31FN2O5S2/c1-34-19-4-5-22-20(14-19)25(21(27)15-28-22)26(32,33)8-6-17-7-9-29(16-18(17)13-23(30)31)10-12-36-24-3-2-11-35-24/h2-5,11,14-15,17-18,32-33H,6-10,12-13,16H2,1H3,(H,30,31)/t17-,18-/m1/s1. The zero-order valence-corrected chi connectivity index (χ0v) is 21.7. The van der Waals surface area contributed by atoms with Crippen molar-refractivity contribution in [1.82, 2.24) is 9.88 Å². The molecule has 36 heavy (non-hydrogen) atoms. The molecule has 3 N–H and O–H groups in total. The Morgan fingerprint density at radius 3 is 2.89 bits per heavy atom. The van der Waals surface area contributed by atoms with Crippen LogP contribution in [-0.2, 0) is 10.6 Å². The summed E-state index contributed by atoms with van der Waals surface area (Å²) in [5.41, 5.74) is 0.196. The summed E-state index contributed by atoms with van der Waals surface area (Å²) in [6, 6.07) is 8.98. The molecule has 0 spiro atoms. The van der Waals surface area contributed by atoms with E-state index in [9.17, 15) is 24.5 Å². The van der Waals surface area contributed by atoms with Crippen molar-refractivity contribution in [3.8, 4) is 5.75 Å². The van der Waals surface area contributed by atoms with Crippen molar-refractivity contribution < 1.29 is 29.2 Å². The van der Waals surface area contributed by atoms with Crippen molar-refractivity contribution in [2.75, 3.05) is 32.5 Å². The van der Waals surface area contributed by atoms with Crippen LogP contribution in [0.1, 0.15) is 31.2 Å². The number of aliphatic carboxylic acids is 1. The number of rotatable bonds is 11. The van der Waals surface area contributed by atoms with Crippen molar-refractivity contribution in [3.63, 3.8) is 0 Å². The second-order valence-electron chi connectivity index (χ2n) is 9.21. The van der Waals surface area contributed by atoms with Gasteiger partial charge in [-0.15, -0.1) is 23.1 Å². The normalized spacial score (nSPS) is 19.0. The van der Waals surface area contributed by atoms with Gasteiger partial charge in [0.2, 0.25) is 0 Å². The molecule has 1 aliphatic rings. The maximum atomic E-state index is 14.8. The molecule has 0 unspecified atom stereocenters. The first-order valence-electron chi connectivity index (χ1n) is 11.9. The minimum Gasteiger partial charge on any atom is -0.497 e. The van der Waals surface area contributed by atoms with Gasteiger partial charge in [-0.25, -0.2) is 4.39 Å². The van der Waals surface area contributed by atoms with Crippen LogP contribution in [0.15, 0.2) is 46.1 Å². The summed E-state index contributed by atoms with van der Waals surface area (Å²) in [5.74, 6) is -2.83. The maximum Gasteiger partial charge on any atom is 0.303 e. The molecule has 3 heterocycles. The number of ether oxygens (including phenoxy) is 1. The van der Waals surface area contributed by atoms with E-state index in [4.69, 9.17) is 4.74 Å². The molecule has 194 valence electrons. The summed E-state index contributed by atoms with van der Waals surface area (Å²) in [6.07, 6.45) is 2.02. The van der Waals surface area contributed by atoms with Gasteiger partial charge in [0.25, 0.3) is 0 Å². The number of carbonyl (C=O) groups is 1. The van der Waals surface area contributed by atoms with Gasteiger partial charge in [0.05, 0.1) is 28.6 Å². The van der Waals surface area contributed by atoms with Crippen molar-refractivity contribution in [2.24, 2.45) is 11.8 Å². The van der Waals surface area contributed by atoms with Gasteiger partial charge in [-0.05, 0) is 60.9 Å². The number of likely N-dealkylation sites (tertiary alicyclic amines) is 1. The quantitative estimate of drug-likeness (QED) is 0.243. The molecule has 4 rings (SSSR count). The lowest BCUT2D eigenvalue weighted by atomic mass is 9.79. The van der Waals surface area contributed by atoms with Crippen LogP contribution in [-0.4, -0.2) is 63.7 Å². The lowest BCUT2D eigenvalue weighted by Gasteiger charge is -2.39. The number of thioether (sulfide) groups is 1. The predicted molar refractivity (Wildman–Crippen MR) is 139 cm³/mol. The summed E-state index contributed by atoms with van der Waals surface area (Å²) in [6.45, 7) is 2.33. The van der Waals surface area contributed by atoms with Crippen molar-refractivity contribution >= 4 is 40.0 Å². The Bertz CT molecular complexity index is 1170. The summed E-state index contributed by atoms with van der Waals surface area (Å²) in [4.78, 5) is 17.9. The van der Waals surface area contributed by atoms with Crippen LogP contribution in [0.5, 0.6) is 5.75 Å². The van der Waals surface area contributed by atoms with Gasteiger partial charge in [0.15, 0.2) is 11.6 Å². The van der Waals surface area contributed by atoms with E-state index in [-0.39, 0.29) is 35.6 Å². The number of aliphatic hydroxyl groups is 2. The third-order valence-corrected chi connectivity index (χ3v) is 8.96. The van der Waals surface area contributed by atoms with Crippen molar-refractivity contribution in [1.29, 1.82) is 0 Å². The molecule has 2 atom stereocenters. The molecule has 3 aromatic rings. The van der Waals surface area contributed by atoms with E-state index in [2.05, 4.69) is 21.3 Å². The summed E-state index contributed by atoms with van der Waals surface area (Å²) in [7, 11) is 1.48. The molecule has 10 heteroatoms. The lowest BCUT2D eigenvalue weighted by molar-refractivity contribution is -0.179. The smallest absolute Gasteiger partial charge is 0.303 e. The molecule has 1 saturated heterocycles. The minimum atomic E-state index is -2.43. The van der Waals surface area contributed by atoms with Crippen LogP contribution in [0, 0.1) is 17.7 Å². The number of halogens is 1. The van der Waals surface area contributed by atoms with Crippen LogP contribution in [0.2, 0.25) is 0 Å². The molecule has 2 aromatic heterocycles. The van der Waals surface area contributed by atoms with Gasteiger partial charge in [0.1, 0.15) is 5.75 Å². The third kappa shape index (κ3) is 6.54. The van der Waals surface area contributed by atoms with E-state index in [1.54, 1.807) is 41.3 Å². The van der Waals surface area contributed by atoms with Gasteiger partial charge < -0.3 is 25.0 Å². The Morgan fingerprint density at radius 2 is 2.17 bits per heavy atom. The average molecular weight is 535 g/mol. The van der Waals surface area contributed by atoms with E-state index >= 15 is 0 Å². The molecule has 7 nitrogen and oxygen atoms in total. The van der Waals surface area contributed by atoms with Gasteiger partial charge in [0, 0.05) is 37.1 Å². The van der Waals surface area contributed by atoms with E-state index in [0.717, 1.165) is 31.5 Å². The second-order valence-corrected chi connectivity index (χ2v) is 11.6. The fourth-order valence-corrected chi connectivity index (χ4v) is 6.87. The zero-order valence-electron chi connectivity index (χ0n) is 20.1. The molecular formula is C26H31FN2O5S2. The number of nitrogens with zero attached hydrogens (tertiary/aromatic N) is 2. The van der Waals surface area contributed by atoms with Gasteiger partial charge in [-0.3, -0.25) is 9.78 Å². The van der Waals surface area contributed by atoms with Crippen LogP contribution >= 0.6 is 23.1 Å². The fraction of sp³-hybridized carbons (Fsp3) is 0.462. The number of benzene rings is 1. The highest BCUT2D eigenvalue weighted by molar-refractivity contribution is 8.01. The highest BCUT2D eigenvalue weighted by atomic mass is 32.2. The predicted octanol–water partition coefficient (Wildman–Crippen LogP) is 4.57. The van der Waals surface area contributed by atoms with Crippen LogP contribution in [0.25, 0.3) is 10.9 Å². The van der Waals surface area contributed by atoms with Gasteiger partial charge >= 0.3 is 5.97 Å². The summed E-state index contributed by atoms with van der Waals surface area (Å²) >= 11 is 3.51. The van der Waals surface area contributed by atoms with Crippen molar-refractivity contribution in [3.05, 3.63) is 53.3 Å². The van der Waals surface area contributed by atoms with E-state index in [1.165, 1.54) is 11.3 Å². The first kappa shape index (κ1) is 26.8. The number of hydrogen-bond donors (Lipinski definition) is 3. The Kier molecular flexibility index (Phi) is 8.84. The first-order valence-corrected chi connectivity index (χ1v) is 13.8. The Hall–Kier alpha value is -2.24. The number of aromatic nitrogens is 1. The topological polar surface area (TPSA) is 103 Å². The van der Waals surface area contributed by atoms with Gasteiger partial charge in [-0.1, -0.05) is 6.07 Å². The monoisotopic (exact) mass is 534 g/mol. The summed E-state index contributed by atoms with van der Waals surface area (Å²) in [5, 5.41) is 33.8. The fourth-order valence-electron chi connectivity index (χ4n) is 5.01. The highest BCUT2D eigenvalue weighted by Gasteiger charge is 2.36. The minimum absolute atomic E-state index is 0.00771. The molecule has 1 aliphatic heterocycles. The molecule has 1 fully saturated rings. The molecule has 1 aromatic carbocycles. The molecule has 0 aliphatic carbocycles. The lowest BCUT2D eigenvalue weighted by Crippen LogP contribution is -2.43. The van der Waals surface area contributed by atoms with E-state index in [1.807, 2.05) is 6.07 Å². The Balaban J connectivity index is 1.43. The largest absolute Gasteiger partial charge is 0.497 e. The average Bonchev–Trinajstić information content (AvgIpc) is 3.36.